The zero-order valence-corrected chi connectivity index (χ0v) is 13.6. The molecule has 1 aromatic carbocycles. The fraction of sp³-hybridized carbons (Fsp3) is 0.588. The average Bonchev–Trinajstić information content (AvgIpc) is 2.88. The smallest absolute Gasteiger partial charge is 0.237 e. The number of carbonyl (C=O) groups is 1. The molecule has 120 valence electrons. The summed E-state index contributed by atoms with van der Waals surface area (Å²) in [5.41, 5.74) is 1.38. The molecule has 1 heterocycles. The van der Waals surface area contributed by atoms with Crippen LogP contribution in [-0.2, 0) is 14.8 Å². The molecule has 3 rings (SSSR count). The van der Waals surface area contributed by atoms with Gasteiger partial charge in [0.1, 0.15) is 0 Å². The number of sulfonamides is 1. The van der Waals surface area contributed by atoms with Crippen molar-refractivity contribution in [2.24, 2.45) is 5.92 Å². The third kappa shape index (κ3) is 3.35. The lowest BCUT2D eigenvalue weighted by molar-refractivity contribution is -0.127. The van der Waals surface area contributed by atoms with Crippen molar-refractivity contribution in [2.75, 3.05) is 12.3 Å². The Labute approximate surface area is 132 Å². The van der Waals surface area contributed by atoms with Crippen LogP contribution in [0.4, 0.5) is 0 Å². The Morgan fingerprint density at radius 3 is 2.36 bits per heavy atom. The molecule has 1 saturated heterocycles. The topological polar surface area (TPSA) is 54.5 Å². The zero-order valence-electron chi connectivity index (χ0n) is 12.8. The van der Waals surface area contributed by atoms with Gasteiger partial charge in [0.05, 0.1) is 5.75 Å². The molecule has 5 heteroatoms. The van der Waals surface area contributed by atoms with E-state index in [9.17, 15) is 13.2 Å². The summed E-state index contributed by atoms with van der Waals surface area (Å²) in [7, 11) is -3.31. The molecule has 22 heavy (non-hydrogen) atoms. The first-order valence-electron chi connectivity index (χ1n) is 8.14. The maximum absolute atomic E-state index is 12.2. The molecule has 1 aliphatic carbocycles. The van der Waals surface area contributed by atoms with Gasteiger partial charge in [-0.25, -0.2) is 12.7 Å². The van der Waals surface area contributed by atoms with E-state index >= 15 is 0 Å². The second-order valence-corrected chi connectivity index (χ2v) is 8.48. The van der Waals surface area contributed by atoms with Crippen molar-refractivity contribution in [3.63, 3.8) is 0 Å². The summed E-state index contributed by atoms with van der Waals surface area (Å²) >= 11 is 0. The molecular formula is C17H23NO3S. The molecule has 0 aromatic heterocycles. The van der Waals surface area contributed by atoms with Gasteiger partial charge >= 0.3 is 0 Å². The average molecular weight is 321 g/mol. The Bertz CT molecular complexity index is 619. The Balaban J connectivity index is 1.53. The van der Waals surface area contributed by atoms with Crippen LogP contribution < -0.4 is 0 Å². The Morgan fingerprint density at radius 2 is 1.77 bits per heavy atom. The number of hydrogen-bond donors (Lipinski definition) is 0. The molecule has 0 atom stereocenters. The maximum Gasteiger partial charge on any atom is 0.237 e. The first kappa shape index (κ1) is 15.5. The summed E-state index contributed by atoms with van der Waals surface area (Å²) in [5.74, 6) is 0.853. The van der Waals surface area contributed by atoms with Crippen molar-refractivity contribution in [1.82, 2.24) is 4.31 Å². The van der Waals surface area contributed by atoms with E-state index in [1.807, 2.05) is 6.07 Å². The van der Waals surface area contributed by atoms with Crippen LogP contribution in [0.3, 0.4) is 0 Å². The first-order chi connectivity index (χ1) is 10.6. The van der Waals surface area contributed by atoms with E-state index in [2.05, 4.69) is 24.3 Å². The van der Waals surface area contributed by atoms with Gasteiger partial charge in [-0.05, 0) is 49.5 Å². The van der Waals surface area contributed by atoms with Crippen molar-refractivity contribution >= 4 is 15.9 Å². The molecule has 0 unspecified atom stereocenters. The van der Waals surface area contributed by atoms with E-state index in [1.54, 1.807) is 0 Å². The second kappa shape index (κ2) is 6.41. The van der Waals surface area contributed by atoms with Gasteiger partial charge in [-0.15, -0.1) is 0 Å². The van der Waals surface area contributed by atoms with Crippen molar-refractivity contribution in [3.05, 3.63) is 35.9 Å². The minimum absolute atomic E-state index is 0.124. The zero-order chi connectivity index (χ0) is 15.6. The van der Waals surface area contributed by atoms with E-state index in [0.29, 0.717) is 31.2 Å². The van der Waals surface area contributed by atoms with E-state index < -0.39 is 10.0 Å². The third-order valence-corrected chi connectivity index (χ3v) is 6.82. The monoisotopic (exact) mass is 321 g/mol. The molecule has 0 spiro atoms. The summed E-state index contributed by atoms with van der Waals surface area (Å²) in [6.45, 7) is 0.376. The number of amides is 1. The summed E-state index contributed by atoms with van der Waals surface area (Å²) < 4.78 is 24.7. The molecule has 0 N–H and O–H groups in total. The molecule has 1 saturated carbocycles. The third-order valence-electron chi connectivity index (χ3n) is 4.96. The molecule has 2 fully saturated rings. The molecule has 4 nitrogen and oxygen atoms in total. The molecular weight excluding hydrogens is 298 g/mol. The van der Waals surface area contributed by atoms with Crippen LogP contribution in [0.5, 0.6) is 0 Å². The lowest BCUT2D eigenvalue weighted by Crippen LogP contribution is -2.34. The van der Waals surface area contributed by atoms with E-state index in [4.69, 9.17) is 0 Å². The number of rotatable bonds is 3. The predicted octanol–water partition coefficient (Wildman–Crippen LogP) is 2.91. The SMILES string of the molecule is O=C(CC1CCC(c2ccccc2)CC1)N1CCCS1(=O)=O. The van der Waals surface area contributed by atoms with Gasteiger partial charge in [0.15, 0.2) is 0 Å². The summed E-state index contributed by atoms with van der Waals surface area (Å²) in [6, 6.07) is 10.5. The number of carbonyl (C=O) groups excluding carboxylic acids is 1. The maximum atomic E-state index is 12.2. The van der Waals surface area contributed by atoms with Gasteiger partial charge in [0, 0.05) is 13.0 Å². The fourth-order valence-electron chi connectivity index (χ4n) is 3.69. The van der Waals surface area contributed by atoms with Crippen LogP contribution in [0.1, 0.15) is 50.0 Å². The molecule has 1 amide bonds. The van der Waals surface area contributed by atoms with Crippen molar-refractivity contribution in [1.29, 1.82) is 0 Å². The van der Waals surface area contributed by atoms with Gasteiger partial charge in [0.25, 0.3) is 0 Å². The Morgan fingerprint density at radius 1 is 1.09 bits per heavy atom. The number of nitrogens with zero attached hydrogens (tertiary/aromatic N) is 1. The van der Waals surface area contributed by atoms with Gasteiger partial charge in [-0.3, -0.25) is 4.79 Å². The van der Waals surface area contributed by atoms with Crippen LogP contribution in [-0.4, -0.2) is 30.9 Å². The highest BCUT2D eigenvalue weighted by molar-refractivity contribution is 7.89. The summed E-state index contributed by atoms with van der Waals surface area (Å²) in [5, 5.41) is 0. The number of hydrogen-bond acceptors (Lipinski definition) is 3. The van der Waals surface area contributed by atoms with Crippen LogP contribution in [0.15, 0.2) is 30.3 Å². The van der Waals surface area contributed by atoms with Crippen LogP contribution in [0.2, 0.25) is 0 Å². The normalized spacial score (nSPS) is 27.7. The quantitative estimate of drug-likeness (QED) is 0.860. The van der Waals surface area contributed by atoms with Crippen molar-refractivity contribution < 1.29 is 13.2 Å². The van der Waals surface area contributed by atoms with Crippen molar-refractivity contribution in [3.8, 4) is 0 Å². The van der Waals surface area contributed by atoms with E-state index in [-0.39, 0.29) is 11.7 Å². The van der Waals surface area contributed by atoms with Gasteiger partial charge in [-0.2, -0.15) is 0 Å². The summed E-state index contributed by atoms with van der Waals surface area (Å²) in [4.78, 5) is 12.2. The highest BCUT2D eigenvalue weighted by Crippen LogP contribution is 2.37. The molecule has 1 aromatic rings. The van der Waals surface area contributed by atoms with Gasteiger partial charge in [-0.1, -0.05) is 30.3 Å². The molecule has 2 aliphatic rings. The highest BCUT2D eigenvalue weighted by atomic mass is 32.2. The van der Waals surface area contributed by atoms with Crippen LogP contribution >= 0.6 is 0 Å². The van der Waals surface area contributed by atoms with Gasteiger partial charge < -0.3 is 0 Å². The summed E-state index contributed by atoms with van der Waals surface area (Å²) in [6.07, 6.45) is 5.18. The minimum Gasteiger partial charge on any atom is -0.274 e. The lowest BCUT2D eigenvalue weighted by atomic mass is 9.77. The standard InChI is InChI=1S/C17H23NO3S/c19-17(18-11-4-12-22(18,20)21)13-14-7-9-16(10-8-14)15-5-2-1-3-6-15/h1-3,5-6,14,16H,4,7-13H2. The predicted molar refractivity (Wildman–Crippen MR) is 85.9 cm³/mol. The molecule has 1 aliphatic heterocycles. The van der Waals surface area contributed by atoms with Crippen molar-refractivity contribution in [2.45, 2.75) is 44.4 Å². The van der Waals surface area contributed by atoms with Crippen LogP contribution in [0.25, 0.3) is 0 Å². The highest BCUT2D eigenvalue weighted by Gasteiger charge is 2.34. The van der Waals surface area contributed by atoms with Crippen LogP contribution in [0, 0.1) is 5.92 Å². The minimum atomic E-state index is -3.31. The largest absolute Gasteiger partial charge is 0.274 e. The Kier molecular flexibility index (Phi) is 4.52. The second-order valence-electron chi connectivity index (χ2n) is 6.47. The fourth-order valence-corrected chi connectivity index (χ4v) is 5.20. The lowest BCUT2D eigenvalue weighted by Gasteiger charge is -2.29. The van der Waals surface area contributed by atoms with E-state index in [1.165, 1.54) is 5.56 Å². The number of benzene rings is 1. The van der Waals surface area contributed by atoms with Gasteiger partial charge in [0.2, 0.25) is 15.9 Å². The molecule has 0 bridgehead atoms. The first-order valence-corrected chi connectivity index (χ1v) is 9.75. The molecule has 0 radical (unpaired) electrons. The van der Waals surface area contributed by atoms with E-state index in [0.717, 1.165) is 30.0 Å². The Hall–Kier alpha value is -1.36.